The van der Waals surface area contributed by atoms with E-state index in [1.54, 1.807) is 24.0 Å². The number of carboxylic acids is 1. The van der Waals surface area contributed by atoms with Crippen LogP contribution in [0.15, 0.2) is 29.4 Å². The van der Waals surface area contributed by atoms with Crippen LogP contribution in [0.4, 0.5) is 5.69 Å². The normalized spacial score (nSPS) is 14.8. The molecule has 0 aromatic heterocycles. The van der Waals surface area contributed by atoms with E-state index < -0.39 is 11.9 Å². The number of hydrazone groups is 1. The van der Waals surface area contributed by atoms with Crippen molar-refractivity contribution in [2.75, 3.05) is 37.9 Å². The van der Waals surface area contributed by atoms with Crippen molar-refractivity contribution in [3.05, 3.63) is 29.8 Å². The highest BCUT2D eigenvalue weighted by atomic mass is 16.5. The molecule has 1 atom stereocenters. The van der Waals surface area contributed by atoms with Crippen LogP contribution in [-0.4, -0.2) is 60.4 Å². The Morgan fingerprint density at radius 2 is 2.04 bits per heavy atom. The van der Waals surface area contributed by atoms with Crippen molar-refractivity contribution in [1.82, 2.24) is 4.90 Å². The molecule has 0 saturated heterocycles. The average Bonchev–Trinajstić information content (AvgIpc) is 3.10. The Morgan fingerprint density at radius 3 is 2.59 bits per heavy atom. The van der Waals surface area contributed by atoms with Gasteiger partial charge in [-0.1, -0.05) is 6.92 Å². The van der Waals surface area contributed by atoms with Gasteiger partial charge in [-0.05, 0) is 44.5 Å². The Hall–Kier alpha value is -2.41. The van der Waals surface area contributed by atoms with Crippen LogP contribution in [0, 0.1) is 5.92 Å². The van der Waals surface area contributed by atoms with Crippen LogP contribution in [-0.2, 0) is 9.53 Å². The van der Waals surface area contributed by atoms with Gasteiger partial charge in [0.15, 0.2) is 0 Å². The van der Waals surface area contributed by atoms with Crippen LogP contribution in [0.1, 0.15) is 44.0 Å². The number of aliphatic carboxylic acids is 1. The van der Waals surface area contributed by atoms with Gasteiger partial charge in [0.25, 0.3) is 5.91 Å². The highest BCUT2D eigenvalue weighted by molar-refractivity contribution is 5.95. The molecule has 1 aliphatic heterocycles. The van der Waals surface area contributed by atoms with Gasteiger partial charge >= 0.3 is 5.97 Å². The molecule has 0 spiro atoms. The third-order valence-corrected chi connectivity index (χ3v) is 4.51. The van der Waals surface area contributed by atoms with Gasteiger partial charge in [-0.2, -0.15) is 5.10 Å². The number of hydrogen-bond donors (Lipinski definition) is 1. The van der Waals surface area contributed by atoms with E-state index in [4.69, 9.17) is 4.74 Å². The van der Waals surface area contributed by atoms with E-state index in [1.165, 1.54) is 0 Å². The topological polar surface area (TPSA) is 82.4 Å². The first-order valence-electron chi connectivity index (χ1n) is 9.44. The summed E-state index contributed by atoms with van der Waals surface area (Å²) < 4.78 is 5.33. The lowest BCUT2D eigenvalue weighted by atomic mass is 10.1. The molecule has 1 heterocycles. The lowest BCUT2D eigenvalue weighted by molar-refractivity contribution is -0.141. The second-order valence-electron chi connectivity index (χ2n) is 6.80. The van der Waals surface area contributed by atoms with Crippen LogP contribution < -0.4 is 5.01 Å². The SMILES string of the molecule is CCOCCCN(CC(C)C(=O)O)C(=O)c1ccc(N2CCC(C)=N2)cc1. The van der Waals surface area contributed by atoms with Gasteiger partial charge in [-0.15, -0.1) is 0 Å². The zero-order valence-corrected chi connectivity index (χ0v) is 16.4. The number of amides is 1. The average molecular weight is 375 g/mol. The summed E-state index contributed by atoms with van der Waals surface area (Å²) in [7, 11) is 0. The molecular weight excluding hydrogens is 346 g/mol. The number of carbonyl (C=O) groups is 2. The summed E-state index contributed by atoms with van der Waals surface area (Å²) in [6.45, 7) is 8.20. The third-order valence-electron chi connectivity index (χ3n) is 4.51. The largest absolute Gasteiger partial charge is 0.481 e. The fraction of sp³-hybridized carbons (Fsp3) is 0.550. The lowest BCUT2D eigenvalue weighted by Gasteiger charge is -2.25. The Morgan fingerprint density at radius 1 is 1.33 bits per heavy atom. The van der Waals surface area contributed by atoms with Crippen molar-refractivity contribution >= 4 is 23.3 Å². The Kier molecular flexibility index (Phi) is 7.79. The fourth-order valence-electron chi connectivity index (χ4n) is 2.91. The molecule has 1 amide bonds. The molecular formula is C20H29N3O4. The van der Waals surface area contributed by atoms with Gasteiger partial charge < -0.3 is 14.7 Å². The van der Waals surface area contributed by atoms with Crippen molar-refractivity contribution < 1.29 is 19.4 Å². The predicted octanol–water partition coefficient (Wildman–Crippen LogP) is 2.86. The molecule has 0 aliphatic carbocycles. The molecule has 1 unspecified atom stereocenters. The quantitative estimate of drug-likeness (QED) is 0.636. The van der Waals surface area contributed by atoms with Gasteiger partial charge in [-0.3, -0.25) is 14.6 Å². The predicted molar refractivity (Wildman–Crippen MR) is 105 cm³/mol. The summed E-state index contributed by atoms with van der Waals surface area (Å²) in [6, 6.07) is 7.33. The van der Waals surface area contributed by atoms with E-state index >= 15 is 0 Å². The summed E-state index contributed by atoms with van der Waals surface area (Å²) in [5.74, 6) is -1.69. The molecule has 0 radical (unpaired) electrons. The lowest BCUT2D eigenvalue weighted by Crippen LogP contribution is -2.38. The molecule has 1 aromatic carbocycles. The number of carbonyl (C=O) groups excluding carboxylic acids is 1. The van der Waals surface area contributed by atoms with Crippen molar-refractivity contribution in [2.24, 2.45) is 11.0 Å². The minimum Gasteiger partial charge on any atom is -0.481 e. The van der Waals surface area contributed by atoms with E-state index in [0.717, 1.165) is 24.4 Å². The molecule has 27 heavy (non-hydrogen) atoms. The highest BCUT2D eigenvalue weighted by Crippen LogP contribution is 2.20. The first-order chi connectivity index (χ1) is 12.9. The maximum atomic E-state index is 12.9. The van der Waals surface area contributed by atoms with Gasteiger partial charge in [-0.25, -0.2) is 0 Å². The van der Waals surface area contributed by atoms with Gasteiger partial charge in [0, 0.05) is 50.5 Å². The van der Waals surface area contributed by atoms with Crippen LogP contribution in [0.5, 0.6) is 0 Å². The van der Waals surface area contributed by atoms with Crippen LogP contribution >= 0.6 is 0 Å². The van der Waals surface area contributed by atoms with E-state index in [0.29, 0.717) is 31.7 Å². The van der Waals surface area contributed by atoms with Crippen LogP contribution in [0.2, 0.25) is 0 Å². The zero-order valence-electron chi connectivity index (χ0n) is 16.4. The van der Waals surface area contributed by atoms with Crippen LogP contribution in [0.3, 0.4) is 0 Å². The number of ether oxygens (including phenoxy) is 1. The first kappa shape index (κ1) is 20.9. The molecule has 1 aliphatic rings. The molecule has 1 aromatic rings. The summed E-state index contributed by atoms with van der Waals surface area (Å²) in [5, 5.41) is 15.6. The molecule has 7 heteroatoms. The van der Waals surface area contributed by atoms with Crippen LogP contribution in [0.25, 0.3) is 0 Å². The Bertz CT molecular complexity index is 672. The molecule has 148 valence electrons. The maximum absolute atomic E-state index is 12.9. The Balaban J connectivity index is 2.06. The molecule has 7 nitrogen and oxygen atoms in total. The molecule has 2 rings (SSSR count). The number of hydrogen-bond acceptors (Lipinski definition) is 5. The van der Waals surface area contributed by atoms with Crippen molar-refractivity contribution in [3.63, 3.8) is 0 Å². The minimum absolute atomic E-state index is 0.160. The van der Waals surface area contributed by atoms with E-state index in [9.17, 15) is 14.7 Å². The maximum Gasteiger partial charge on any atom is 0.308 e. The summed E-state index contributed by atoms with van der Waals surface area (Å²) in [4.78, 5) is 25.7. The van der Waals surface area contributed by atoms with Gasteiger partial charge in [0.05, 0.1) is 11.6 Å². The first-order valence-corrected chi connectivity index (χ1v) is 9.44. The van der Waals surface area contributed by atoms with Gasteiger partial charge in [0.1, 0.15) is 0 Å². The molecule has 0 fully saturated rings. The summed E-state index contributed by atoms with van der Waals surface area (Å²) >= 11 is 0. The summed E-state index contributed by atoms with van der Waals surface area (Å²) in [5.41, 5.74) is 2.59. The van der Waals surface area contributed by atoms with E-state index in [2.05, 4.69) is 5.10 Å². The minimum atomic E-state index is -0.907. The number of carboxylic acid groups (broad SMARTS) is 1. The number of benzene rings is 1. The zero-order chi connectivity index (χ0) is 19.8. The summed E-state index contributed by atoms with van der Waals surface area (Å²) in [6.07, 6.45) is 1.62. The standard InChI is InChI=1S/C20H29N3O4/c1-4-27-13-5-11-22(14-15(2)20(25)26)19(24)17-6-8-18(9-7-17)23-12-10-16(3)21-23/h6-9,15H,4-5,10-14H2,1-3H3,(H,25,26). The fourth-order valence-corrected chi connectivity index (χ4v) is 2.91. The molecule has 1 N–H and O–H groups in total. The monoisotopic (exact) mass is 375 g/mol. The number of nitrogens with zero attached hydrogens (tertiary/aromatic N) is 3. The van der Waals surface area contributed by atoms with Crippen molar-refractivity contribution in [2.45, 2.75) is 33.6 Å². The van der Waals surface area contributed by atoms with Gasteiger partial charge in [0.2, 0.25) is 0 Å². The van der Waals surface area contributed by atoms with E-state index in [-0.39, 0.29) is 12.5 Å². The van der Waals surface area contributed by atoms with E-state index in [1.807, 2.05) is 31.0 Å². The number of rotatable bonds is 10. The second kappa shape index (κ2) is 10.1. The highest BCUT2D eigenvalue weighted by Gasteiger charge is 2.22. The Labute approximate surface area is 160 Å². The van der Waals surface area contributed by atoms with Crippen molar-refractivity contribution in [3.8, 4) is 0 Å². The van der Waals surface area contributed by atoms with Crippen molar-refractivity contribution in [1.29, 1.82) is 0 Å². The third kappa shape index (κ3) is 6.06. The molecule has 0 saturated carbocycles. The number of anilines is 1. The second-order valence-corrected chi connectivity index (χ2v) is 6.80. The molecule has 0 bridgehead atoms. The smallest absolute Gasteiger partial charge is 0.308 e.